The van der Waals surface area contributed by atoms with E-state index in [1.54, 1.807) is 0 Å². The monoisotopic (exact) mass is 299 g/mol. The van der Waals surface area contributed by atoms with Gasteiger partial charge in [-0.3, -0.25) is 0 Å². The van der Waals surface area contributed by atoms with E-state index in [1.807, 2.05) is 0 Å². The van der Waals surface area contributed by atoms with Crippen molar-refractivity contribution in [2.24, 2.45) is 0 Å². The smallest absolute Gasteiger partial charge is 0.0440 e. The molecule has 2 aromatic carbocycles. The summed E-state index contributed by atoms with van der Waals surface area (Å²) in [6.07, 6.45) is 1.17. The molecule has 112 valence electrons. The first kappa shape index (κ1) is 16.1. The molecule has 2 heteroatoms. The third-order valence-electron chi connectivity index (χ3n) is 3.66. The van der Waals surface area contributed by atoms with Gasteiger partial charge in [0.2, 0.25) is 0 Å². The Morgan fingerprint density at radius 3 is 2.10 bits per heavy atom. The average molecular weight is 299 g/mol. The van der Waals surface area contributed by atoms with Crippen molar-refractivity contribution in [3.63, 3.8) is 0 Å². The van der Waals surface area contributed by atoms with Gasteiger partial charge < -0.3 is 5.32 Å². The van der Waals surface area contributed by atoms with Crippen molar-refractivity contribution in [2.75, 3.05) is 6.54 Å². The van der Waals surface area contributed by atoms with Gasteiger partial charge in [-0.1, -0.05) is 74.5 Å². The second-order valence-corrected chi connectivity index (χ2v) is 6.42. The van der Waals surface area contributed by atoms with E-state index < -0.39 is 0 Å². The molecule has 0 fully saturated rings. The lowest BCUT2D eigenvalue weighted by atomic mass is 10.0. The van der Waals surface area contributed by atoms with Gasteiger partial charge in [-0.2, -0.15) is 11.8 Å². The minimum Gasteiger partial charge on any atom is -0.309 e. The van der Waals surface area contributed by atoms with Gasteiger partial charge in [-0.15, -0.1) is 0 Å². The van der Waals surface area contributed by atoms with Gasteiger partial charge >= 0.3 is 0 Å². The van der Waals surface area contributed by atoms with Crippen LogP contribution in [0.25, 0.3) is 0 Å². The number of benzene rings is 2. The fourth-order valence-corrected chi connectivity index (χ4v) is 3.85. The summed E-state index contributed by atoms with van der Waals surface area (Å²) in [6.45, 7) is 5.47. The molecule has 1 nitrogen and oxygen atoms in total. The summed E-state index contributed by atoms with van der Waals surface area (Å²) >= 11 is 2.06. The van der Waals surface area contributed by atoms with Crippen LogP contribution in [0, 0.1) is 0 Å². The van der Waals surface area contributed by atoms with Gasteiger partial charge in [0.15, 0.2) is 0 Å². The van der Waals surface area contributed by atoms with E-state index in [0.29, 0.717) is 11.3 Å². The summed E-state index contributed by atoms with van der Waals surface area (Å²) in [5.74, 6) is 1.08. The van der Waals surface area contributed by atoms with E-state index in [0.717, 1.165) is 12.3 Å². The van der Waals surface area contributed by atoms with Crippen LogP contribution in [0.1, 0.15) is 37.4 Å². The van der Waals surface area contributed by atoms with Crippen molar-refractivity contribution in [1.29, 1.82) is 0 Å². The largest absolute Gasteiger partial charge is 0.309 e. The molecule has 1 N–H and O–H groups in total. The van der Waals surface area contributed by atoms with Crippen molar-refractivity contribution in [3.8, 4) is 0 Å². The van der Waals surface area contributed by atoms with Crippen molar-refractivity contribution in [3.05, 3.63) is 71.8 Å². The average Bonchev–Trinajstić information content (AvgIpc) is 2.56. The fraction of sp³-hybridized carbons (Fsp3) is 0.368. The topological polar surface area (TPSA) is 12.0 Å². The molecule has 0 aromatic heterocycles. The Hall–Kier alpha value is -1.25. The van der Waals surface area contributed by atoms with E-state index in [9.17, 15) is 0 Å². The molecule has 0 aliphatic carbocycles. The van der Waals surface area contributed by atoms with Crippen LogP contribution < -0.4 is 5.32 Å². The maximum Gasteiger partial charge on any atom is 0.0440 e. The van der Waals surface area contributed by atoms with E-state index >= 15 is 0 Å². The highest BCUT2D eigenvalue weighted by molar-refractivity contribution is 7.99. The van der Waals surface area contributed by atoms with Gasteiger partial charge in [-0.05, 0) is 24.1 Å². The predicted molar refractivity (Wildman–Crippen MR) is 94.7 cm³/mol. The minimum absolute atomic E-state index is 0.426. The van der Waals surface area contributed by atoms with Crippen LogP contribution in [-0.4, -0.2) is 11.8 Å². The Balaban J connectivity index is 2.05. The lowest BCUT2D eigenvalue weighted by Crippen LogP contribution is -2.30. The summed E-state index contributed by atoms with van der Waals surface area (Å²) in [6, 6.07) is 22.0. The van der Waals surface area contributed by atoms with Crippen molar-refractivity contribution in [1.82, 2.24) is 5.32 Å². The Morgan fingerprint density at radius 1 is 0.905 bits per heavy atom. The summed E-state index contributed by atoms with van der Waals surface area (Å²) in [7, 11) is 0. The van der Waals surface area contributed by atoms with Crippen LogP contribution in [0.4, 0.5) is 0 Å². The number of nitrogens with one attached hydrogen (secondary N) is 1. The number of hydrogen-bond acceptors (Lipinski definition) is 2. The van der Waals surface area contributed by atoms with E-state index in [4.69, 9.17) is 0 Å². The Kier molecular flexibility index (Phi) is 6.84. The first-order chi connectivity index (χ1) is 10.3. The van der Waals surface area contributed by atoms with E-state index in [-0.39, 0.29) is 0 Å². The SMILES string of the molecule is CCNC(c1ccccc1)C(CC)SCc1ccccc1. The van der Waals surface area contributed by atoms with Gasteiger partial charge in [0.05, 0.1) is 0 Å². The zero-order valence-electron chi connectivity index (χ0n) is 13.0. The van der Waals surface area contributed by atoms with Crippen molar-refractivity contribution in [2.45, 2.75) is 37.3 Å². The quantitative estimate of drug-likeness (QED) is 0.732. The maximum atomic E-state index is 3.67. The first-order valence-corrected chi connectivity index (χ1v) is 8.83. The molecule has 0 aliphatic heterocycles. The molecule has 0 saturated carbocycles. The zero-order valence-corrected chi connectivity index (χ0v) is 13.8. The molecular weight excluding hydrogens is 274 g/mol. The molecule has 0 amide bonds. The fourth-order valence-electron chi connectivity index (χ4n) is 2.57. The lowest BCUT2D eigenvalue weighted by Gasteiger charge is -2.27. The molecule has 2 aromatic rings. The molecule has 2 unspecified atom stereocenters. The second kappa shape index (κ2) is 8.91. The Morgan fingerprint density at radius 2 is 1.52 bits per heavy atom. The molecule has 2 rings (SSSR count). The third-order valence-corrected chi connectivity index (χ3v) is 5.20. The second-order valence-electron chi connectivity index (χ2n) is 5.19. The summed E-state index contributed by atoms with van der Waals surface area (Å²) in [5.41, 5.74) is 2.80. The van der Waals surface area contributed by atoms with E-state index in [1.165, 1.54) is 17.5 Å². The highest BCUT2D eigenvalue weighted by Gasteiger charge is 2.21. The van der Waals surface area contributed by atoms with Gasteiger partial charge in [0, 0.05) is 17.0 Å². The van der Waals surface area contributed by atoms with Crippen molar-refractivity contribution < 1.29 is 0 Å². The first-order valence-electron chi connectivity index (χ1n) is 7.79. The molecule has 0 spiro atoms. The van der Waals surface area contributed by atoms with Gasteiger partial charge in [0.1, 0.15) is 0 Å². The normalized spacial score (nSPS) is 13.8. The lowest BCUT2D eigenvalue weighted by molar-refractivity contribution is 0.521. The number of rotatable bonds is 8. The van der Waals surface area contributed by atoms with Gasteiger partial charge in [-0.25, -0.2) is 0 Å². The van der Waals surface area contributed by atoms with Crippen LogP contribution in [0.3, 0.4) is 0 Å². The summed E-state index contributed by atoms with van der Waals surface area (Å²) in [4.78, 5) is 0. The molecule has 0 heterocycles. The third kappa shape index (κ3) is 4.90. The molecule has 0 saturated heterocycles. The number of hydrogen-bond donors (Lipinski definition) is 1. The Bertz CT molecular complexity index is 497. The molecular formula is C19H25NS. The maximum absolute atomic E-state index is 3.67. The Labute approximate surface area is 133 Å². The van der Waals surface area contributed by atoms with Crippen LogP contribution in [0.5, 0.6) is 0 Å². The summed E-state index contributed by atoms with van der Waals surface area (Å²) in [5, 5.41) is 4.26. The zero-order chi connectivity index (χ0) is 14.9. The van der Waals surface area contributed by atoms with Crippen molar-refractivity contribution >= 4 is 11.8 Å². The molecule has 0 bridgehead atoms. The molecule has 0 radical (unpaired) electrons. The van der Waals surface area contributed by atoms with Gasteiger partial charge in [0.25, 0.3) is 0 Å². The van der Waals surface area contributed by atoms with E-state index in [2.05, 4.69) is 91.6 Å². The molecule has 21 heavy (non-hydrogen) atoms. The number of thioether (sulfide) groups is 1. The summed E-state index contributed by atoms with van der Waals surface area (Å²) < 4.78 is 0. The highest BCUT2D eigenvalue weighted by atomic mass is 32.2. The minimum atomic E-state index is 0.426. The van der Waals surface area contributed by atoms with Crippen LogP contribution in [0.2, 0.25) is 0 Å². The molecule has 0 aliphatic rings. The van der Waals surface area contributed by atoms with Crippen LogP contribution in [-0.2, 0) is 5.75 Å². The van der Waals surface area contributed by atoms with Crippen LogP contribution in [0.15, 0.2) is 60.7 Å². The predicted octanol–water partition coefficient (Wildman–Crippen LogP) is 5.05. The highest BCUT2D eigenvalue weighted by Crippen LogP contribution is 2.31. The van der Waals surface area contributed by atoms with Crippen LogP contribution >= 0.6 is 11.8 Å². The standard InChI is InChI=1S/C19H25NS/c1-3-18(21-15-16-11-7-5-8-12-16)19(20-4-2)17-13-9-6-10-14-17/h5-14,18-20H,3-4,15H2,1-2H3. The molecule has 2 atom stereocenters.